The lowest BCUT2D eigenvalue weighted by atomic mass is 9.94. The average Bonchev–Trinajstić information content (AvgIpc) is 2.14. The van der Waals surface area contributed by atoms with E-state index in [2.05, 4.69) is 6.58 Å². The van der Waals surface area contributed by atoms with E-state index in [0.29, 0.717) is 25.9 Å². The molecule has 1 amide bonds. The van der Waals surface area contributed by atoms with E-state index in [1.807, 2.05) is 0 Å². The summed E-state index contributed by atoms with van der Waals surface area (Å²) in [5.41, 5.74) is -0.630. The molecule has 1 saturated heterocycles. The number of carbonyl (C=O) groups is 1. The Labute approximate surface area is 84.2 Å². The zero-order chi connectivity index (χ0) is 10.6. The van der Waals surface area contributed by atoms with E-state index in [1.54, 1.807) is 11.8 Å². The van der Waals surface area contributed by atoms with E-state index in [-0.39, 0.29) is 12.7 Å². The van der Waals surface area contributed by atoms with Gasteiger partial charge in [-0.1, -0.05) is 12.7 Å². The fraction of sp³-hybridized carbons (Fsp3) is 0.700. The first-order chi connectivity index (χ1) is 6.55. The first kappa shape index (κ1) is 11.0. The second kappa shape index (κ2) is 4.46. The maximum Gasteiger partial charge on any atom is 0.410 e. The summed E-state index contributed by atoms with van der Waals surface area (Å²) in [4.78, 5) is 13.0. The van der Waals surface area contributed by atoms with Crippen molar-refractivity contribution >= 4 is 6.09 Å². The smallest absolute Gasteiger partial charge is 0.410 e. The summed E-state index contributed by atoms with van der Waals surface area (Å²) >= 11 is 0. The van der Waals surface area contributed by atoms with E-state index < -0.39 is 5.60 Å². The molecule has 0 spiro atoms. The summed E-state index contributed by atoms with van der Waals surface area (Å²) in [6.45, 7) is 6.62. The van der Waals surface area contributed by atoms with E-state index in [9.17, 15) is 9.90 Å². The van der Waals surface area contributed by atoms with Gasteiger partial charge in [0.05, 0.1) is 5.60 Å². The van der Waals surface area contributed by atoms with Gasteiger partial charge in [-0.05, 0) is 19.8 Å². The highest BCUT2D eigenvalue weighted by Gasteiger charge is 2.29. The number of amides is 1. The number of aliphatic hydroxyl groups is 1. The highest BCUT2D eigenvalue weighted by molar-refractivity contribution is 5.67. The molecule has 4 nitrogen and oxygen atoms in total. The van der Waals surface area contributed by atoms with Crippen LogP contribution >= 0.6 is 0 Å². The summed E-state index contributed by atoms with van der Waals surface area (Å²) < 4.78 is 4.89. The third-order valence-corrected chi connectivity index (χ3v) is 2.42. The summed E-state index contributed by atoms with van der Waals surface area (Å²) in [6, 6.07) is 0. The van der Waals surface area contributed by atoms with Crippen LogP contribution in [0.3, 0.4) is 0 Å². The van der Waals surface area contributed by atoms with Gasteiger partial charge in [0.15, 0.2) is 0 Å². The van der Waals surface area contributed by atoms with Gasteiger partial charge in [-0.15, -0.1) is 0 Å². The Morgan fingerprint density at radius 3 is 2.71 bits per heavy atom. The summed E-state index contributed by atoms with van der Waals surface area (Å²) in [7, 11) is 0. The van der Waals surface area contributed by atoms with Crippen LogP contribution in [0.25, 0.3) is 0 Å². The van der Waals surface area contributed by atoms with Crippen molar-refractivity contribution in [2.45, 2.75) is 25.4 Å². The third kappa shape index (κ3) is 3.03. The van der Waals surface area contributed by atoms with Gasteiger partial charge in [0.25, 0.3) is 0 Å². The second-order valence-electron chi connectivity index (χ2n) is 3.85. The van der Waals surface area contributed by atoms with Crippen LogP contribution in [0.15, 0.2) is 12.7 Å². The van der Waals surface area contributed by atoms with Crippen molar-refractivity contribution < 1.29 is 14.6 Å². The largest absolute Gasteiger partial charge is 0.445 e. The van der Waals surface area contributed by atoms with Crippen LogP contribution in [0.5, 0.6) is 0 Å². The Kier molecular flexibility index (Phi) is 3.52. The Bertz CT molecular complexity index is 215. The van der Waals surface area contributed by atoms with Crippen molar-refractivity contribution in [2.24, 2.45) is 0 Å². The van der Waals surface area contributed by atoms with Crippen molar-refractivity contribution in [3.8, 4) is 0 Å². The fourth-order valence-electron chi connectivity index (χ4n) is 1.39. The number of rotatable bonds is 2. The van der Waals surface area contributed by atoms with Gasteiger partial charge in [0, 0.05) is 13.1 Å². The molecule has 1 rings (SSSR count). The van der Waals surface area contributed by atoms with Crippen molar-refractivity contribution in [3.05, 3.63) is 12.7 Å². The average molecular weight is 199 g/mol. The van der Waals surface area contributed by atoms with Gasteiger partial charge in [0.1, 0.15) is 6.61 Å². The Balaban J connectivity index is 2.34. The van der Waals surface area contributed by atoms with Crippen LogP contribution in [0, 0.1) is 0 Å². The molecule has 0 aromatic rings. The highest BCUT2D eigenvalue weighted by Crippen LogP contribution is 2.21. The predicted molar refractivity (Wildman–Crippen MR) is 53.0 cm³/mol. The summed E-state index contributed by atoms with van der Waals surface area (Å²) in [5, 5.41) is 9.66. The molecule has 1 heterocycles. The van der Waals surface area contributed by atoms with Crippen LogP contribution < -0.4 is 0 Å². The summed E-state index contributed by atoms with van der Waals surface area (Å²) in [6.07, 6.45) is 2.44. The Morgan fingerprint density at radius 1 is 1.64 bits per heavy atom. The number of nitrogens with zero attached hydrogens (tertiary/aromatic N) is 1. The number of likely N-dealkylation sites (tertiary alicyclic amines) is 1. The normalized spacial score (nSPS) is 20.3. The van der Waals surface area contributed by atoms with Gasteiger partial charge in [-0.25, -0.2) is 4.79 Å². The lowest BCUT2D eigenvalue weighted by molar-refractivity contribution is -0.00467. The summed E-state index contributed by atoms with van der Waals surface area (Å²) in [5.74, 6) is 0. The quantitative estimate of drug-likeness (QED) is 0.679. The number of piperidine rings is 1. The molecule has 1 N–H and O–H groups in total. The van der Waals surface area contributed by atoms with Crippen LogP contribution in [0.4, 0.5) is 4.79 Å². The maximum atomic E-state index is 11.3. The lowest BCUT2D eigenvalue weighted by Crippen LogP contribution is -2.45. The van der Waals surface area contributed by atoms with Crippen molar-refractivity contribution in [1.82, 2.24) is 4.90 Å². The molecular formula is C10H17NO3. The molecule has 0 saturated carbocycles. The van der Waals surface area contributed by atoms with Crippen LogP contribution in [-0.4, -0.2) is 41.4 Å². The number of ether oxygens (including phenoxy) is 1. The Hall–Kier alpha value is -1.03. The fourth-order valence-corrected chi connectivity index (χ4v) is 1.39. The monoisotopic (exact) mass is 199 g/mol. The SMILES string of the molecule is C=CCOC(=O)N1CCC(C)(O)CC1. The molecular weight excluding hydrogens is 182 g/mol. The highest BCUT2D eigenvalue weighted by atomic mass is 16.6. The maximum absolute atomic E-state index is 11.3. The molecule has 80 valence electrons. The molecule has 0 atom stereocenters. The minimum Gasteiger partial charge on any atom is -0.445 e. The topological polar surface area (TPSA) is 49.8 Å². The molecule has 0 unspecified atom stereocenters. The number of carbonyl (C=O) groups excluding carboxylic acids is 1. The molecule has 0 aromatic heterocycles. The number of hydrogen-bond acceptors (Lipinski definition) is 3. The molecule has 0 radical (unpaired) electrons. The molecule has 1 fully saturated rings. The lowest BCUT2D eigenvalue weighted by Gasteiger charge is -2.34. The molecule has 0 bridgehead atoms. The third-order valence-electron chi connectivity index (χ3n) is 2.42. The van der Waals surface area contributed by atoms with E-state index in [4.69, 9.17) is 4.74 Å². The van der Waals surface area contributed by atoms with Gasteiger partial charge >= 0.3 is 6.09 Å². The van der Waals surface area contributed by atoms with Gasteiger partial charge in [-0.2, -0.15) is 0 Å². The zero-order valence-corrected chi connectivity index (χ0v) is 8.53. The number of hydrogen-bond donors (Lipinski definition) is 1. The molecule has 14 heavy (non-hydrogen) atoms. The van der Waals surface area contributed by atoms with Gasteiger partial charge in [0.2, 0.25) is 0 Å². The molecule has 0 aliphatic carbocycles. The van der Waals surface area contributed by atoms with Crippen molar-refractivity contribution in [3.63, 3.8) is 0 Å². The Morgan fingerprint density at radius 2 is 2.21 bits per heavy atom. The van der Waals surface area contributed by atoms with Crippen LogP contribution in [0.2, 0.25) is 0 Å². The molecule has 0 aromatic carbocycles. The second-order valence-corrected chi connectivity index (χ2v) is 3.85. The first-order valence-corrected chi connectivity index (χ1v) is 4.80. The first-order valence-electron chi connectivity index (χ1n) is 4.80. The van der Waals surface area contributed by atoms with E-state index in [1.165, 1.54) is 6.08 Å². The van der Waals surface area contributed by atoms with Crippen LogP contribution in [-0.2, 0) is 4.74 Å². The van der Waals surface area contributed by atoms with Gasteiger partial charge in [-0.3, -0.25) is 0 Å². The molecule has 1 aliphatic heterocycles. The minimum atomic E-state index is -0.630. The standard InChI is InChI=1S/C10H17NO3/c1-3-8-14-9(12)11-6-4-10(2,13)5-7-11/h3,13H,1,4-8H2,2H3. The minimum absolute atomic E-state index is 0.242. The van der Waals surface area contributed by atoms with E-state index in [0.717, 1.165) is 0 Å². The van der Waals surface area contributed by atoms with Crippen LogP contribution in [0.1, 0.15) is 19.8 Å². The molecule has 4 heteroatoms. The zero-order valence-electron chi connectivity index (χ0n) is 8.53. The van der Waals surface area contributed by atoms with E-state index >= 15 is 0 Å². The predicted octanol–water partition coefficient (Wildman–Crippen LogP) is 1.16. The molecule has 1 aliphatic rings. The van der Waals surface area contributed by atoms with Gasteiger partial charge < -0.3 is 14.7 Å². The van der Waals surface area contributed by atoms with Crippen molar-refractivity contribution in [1.29, 1.82) is 0 Å². The van der Waals surface area contributed by atoms with Crippen molar-refractivity contribution in [2.75, 3.05) is 19.7 Å².